The van der Waals surface area contributed by atoms with E-state index in [2.05, 4.69) is 5.32 Å². The van der Waals surface area contributed by atoms with Gasteiger partial charge >= 0.3 is 0 Å². The lowest BCUT2D eigenvalue weighted by atomic mass is 9.96. The maximum atomic E-state index is 14.1. The van der Waals surface area contributed by atoms with E-state index in [9.17, 15) is 18.4 Å². The van der Waals surface area contributed by atoms with Crippen LogP contribution in [0.5, 0.6) is 0 Å². The molecule has 5 nitrogen and oxygen atoms in total. The van der Waals surface area contributed by atoms with Crippen LogP contribution in [0.4, 0.5) is 20.2 Å². The van der Waals surface area contributed by atoms with Crippen LogP contribution in [0.3, 0.4) is 0 Å². The molecule has 1 saturated heterocycles. The van der Waals surface area contributed by atoms with Crippen LogP contribution in [0.2, 0.25) is 5.02 Å². The van der Waals surface area contributed by atoms with Crippen LogP contribution in [-0.4, -0.2) is 43.9 Å². The van der Waals surface area contributed by atoms with Crippen molar-refractivity contribution in [2.45, 2.75) is 12.8 Å². The fourth-order valence-electron chi connectivity index (χ4n) is 3.46. The second-order valence-electron chi connectivity index (χ2n) is 7.27. The largest absolute Gasteiger partial charge is 0.373 e. The summed E-state index contributed by atoms with van der Waals surface area (Å²) in [5, 5.41) is 3.11. The lowest BCUT2D eigenvalue weighted by Crippen LogP contribution is -2.43. The molecule has 0 saturated carbocycles. The van der Waals surface area contributed by atoms with Gasteiger partial charge in [0.2, 0.25) is 5.91 Å². The average molecular weight is 422 g/mol. The molecule has 8 heteroatoms. The molecule has 1 N–H and O–H groups in total. The zero-order chi connectivity index (χ0) is 21.1. The van der Waals surface area contributed by atoms with E-state index < -0.39 is 17.6 Å². The molecule has 1 unspecified atom stereocenters. The molecule has 2 aromatic carbocycles. The molecule has 1 aliphatic heterocycles. The maximum Gasteiger partial charge on any atom is 0.253 e. The Balaban J connectivity index is 1.68. The second kappa shape index (κ2) is 8.78. The van der Waals surface area contributed by atoms with E-state index in [1.165, 1.54) is 19.0 Å². The van der Waals surface area contributed by atoms with Crippen molar-refractivity contribution in [3.05, 3.63) is 58.6 Å². The van der Waals surface area contributed by atoms with E-state index in [1.807, 2.05) is 0 Å². The number of piperidine rings is 1. The highest BCUT2D eigenvalue weighted by atomic mass is 35.5. The van der Waals surface area contributed by atoms with Crippen molar-refractivity contribution in [2.75, 3.05) is 37.4 Å². The number of likely N-dealkylation sites (tertiary alicyclic amines) is 1. The fraction of sp³-hybridized carbons (Fsp3) is 0.333. The van der Waals surface area contributed by atoms with Gasteiger partial charge in [-0.15, -0.1) is 0 Å². The summed E-state index contributed by atoms with van der Waals surface area (Å²) in [5.41, 5.74) is 0.385. The van der Waals surface area contributed by atoms with E-state index in [1.54, 1.807) is 29.2 Å². The number of carbonyl (C=O) groups excluding carboxylic acids is 2. The first-order valence-corrected chi connectivity index (χ1v) is 9.66. The summed E-state index contributed by atoms with van der Waals surface area (Å²) in [6, 6.07) is 8.76. The standard InChI is InChI=1S/C21H22ClF2N3O2/c1-26(2)19-17(23)10-16(11-18(19)24)25-20(28)14-4-3-9-27(12-14)21(29)13-5-7-15(22)8-6-13/h5-8,10-11,14H,3-4,9,12H2,1-2H3,(H,25,28). The number of anilines is 2. The molecule has 1 atom stereocenters. The molecule has 1 heterocycles. The zero-order valence-corrected chi connectivity index (χ0v) is 17.0. The molecule has 0 spiro atoms. The van der Waals surface area contributed by atoms with Crippen LogP contribution >= 0.6 is 11.6 Å². The smallest absolute Gasteiger partial charge is 0.253 e. The summed E-state index contributed by atoms with van der Waals surface area (Å²) in [6.45, 7) is 0.792. The Labute approximate surface area is 173 Å². The molecular weight excluding hydrogens is 400 g/mol. The predicted molar refractivity (Wildman–Crippen MR) is 109 cm³/mol. The number of nitrogens with one attached hydrogen (secondary N) is 1. The van der Waals surface area contributed by atoms with E-state index in [4.69, 9.17) is 11.6 Å². The molecule has 29 heavy (non-hydrogen) atoms. The van der Waals surface area contributed by atoms with Crippen molar-refractivity contribution >= 4 is 34.8 Å². The average Bonchev–Trinajstić information content (AvgIpc) is 2.67. The third kappa shape index (κ3) is 4.85. The number of amides is 2. The lowest BCUT2D eigenvalue weighted by molar-refractivity contribution is -0.121. The van der Waals surface area contributed by atoms with Gasteiger partial charge in [0.05, 0.1) is 5.92 Å². The van der Waals surface area contributed by atoms with Gasteiger partial charge in [0.1, 0.15) is 5.69 Å². The number of benzene rings is 2. The number of rotatable bonds is 4. The van der Waals surface area contributed by atoms with Crippen molar-refractivity contribution in [1.82, 2.24) is 4.90 Å². The predicted octanol–water partition coefficient (Wildman–Crippen LogP) is 4.18. The van der Waals surface area contributed by atoms with Crippen molar-refractivity contribution in [1.29, 1.82) is 0 Å². The normalized spacial score (nSPS) is 16.4. The molecule has 154 valence electrons. The molecular formula is C21H22ClF2N3O2. The van der Waals surface area contributed by atoms with Gasteiger partial charge in [-0.2, -0.15) is 0 Å². The first-order chi connectivity index (χ1) is 13.8. The number of hydrogen-bond acceptors (Lipinski definition) is 3. The lowest BCUT2D eigenvalue weighted by Gasteiger charge is -2.32. The molecule has 3 rings (SSSR count). The third-order valence-electron chi connectivity index (χ3n) is 4.90. The van der Waals surface area contributed by atoms with Gasteiger partial charge in [0.15, 0.2) is 11.6 Å². The molecule has 2 aromatic rings. The summed E-state index contributed by atoms with van der Waals surface area (Å²) in [5.74, 6) is -2.51. The second-order valence-corrected chi connectivity index (χ2v) is 7.71. The minimum absolute atomic E-state index is 0.0525. The molecule has 0 aliphatic carbocycles. The summed E-state index contributed by atoms with van der Waals surface area (Å²) in [4.78, 5) is 28.3. The molecule has 0 radical (unpaired) electrons. The minimum Gasteiger partial charge on any atom is -0.373 e. The number of nitrogens with zero attached hydrogens (tertiary/aromatic N) is 2. The number of carbonyl (C=O) groups is 2. The molecule has 0 bridgehead atoms. The van der Waals surface area contributed by atoms with Gasteiger partial charge in [0.25, 0.3) is 5.91 Å². The summed E-state index contributed by atoms with van der Waals surface area (Å²) in [6.07, 6.45) is 1.26. The number of halogens is 3. The van der Waals surface area contributed by atoms with Crippen LogP contribution in [0, 0.1) is 17.6 Å². The van der Waals surface area contributed by atoms with Gasteiger partial charge in [-0.3, -0.25) is 9.59 Å². The Kier molecular flexibility index (Phi) is 6.37. The van der Waals surface area contributed by atoms with Gasteiger partial charge in [0, 0.05) is 43.5 Å². The highest BCUT2D eigenvalue weighted by molar-refractivity contribution is 6.30. The molecule has 0 aromatic heterocycles. The summed E-state index contributed by atoms with van der Waals surface area (Å²) >= 11 is 5.86. The Hall–Kier alpha value is -2.67. The Morgan fingerprint density at radius 1 is 1.14 bits per heavy atom. The molecule has 1 fully saturated rings. The van der Waals surface area contributed by atoms with E-state index >= 15 is 0 Å². The van der Waals surface area contributed by atoms with Crippen LogP contribution < -0.4 is 10.2 Å². The van der Waals surface area contributed by atoms with Gasteiger partial charge < -0.3 is 15.1 Å². The van der Waals surface area contributed by atoms with Crippen molar-refractivity contribution in [2.24, 2.45) is 5.92 Å². The third-order valence-corrected chi connectivity index (χ3v) is 5.15. The van der Waals surface area contributed by atoms with E-state index in [0.717, 1.165) is 12.1 Å². The quantitative estimate of drug-likeness (QED) is 0.806. The van der Waals surface area contributed by atoms with Gasteiger partial charge in [-0.1, -0.05) is 11.6 Å². The van der Waals surface area contributed by atoms with E-state index in [0.29, 0.717) is 30.0 Å². The molecule has 2 amide bonds. The minimum atomic E-state index is -0.756. The first kappa shape index (κ1) is 21.0. The molecule has 1 aliphatic rings. The Morgan fingerprint density at radius 2 is 1.76 bits per heavy atom. The van der Waals surface area contributed by atoms with Crippen molar-refractivity contribution < 1.29 is 18.4 Å². The monoisotopic (exact) mass is 421 g/mol. The van der Waals surface area contributed by atoms with Crippen LogP contribution in [0.15, 0.2) is 36.4 Å². The van der Waals surface area contributed by atoms with Crippen LogP contribution in [0.1, 0.15) is 23.2 Å². The fourth-order valence-corrected chi connectivity index (χ4v) is 3.59. The summed E-state index contributed by atoms with van der Waals surface area (Å²) < 4.78 is 28.3. The topological polar surface area (TPSA) is 52.7 Å². The summed E-state index contributed by atoms with van der Waals surface area (Å²) in [7, 11) is 3.07. The van der Waals surface area contributed by atoms with E-state index in [-0.39, 0.29) is 29.7 Å². The SMILES string of the molecule is CN(C)c1c(F)cc(NC(=O)C2CCCN(C(=O)c3ccc(Cl)cc3)C2)cc1F. The van der Waals surface area contributed by atoms with Crippen LogP contribution in [0.25, 0.3) is 0 Å². The van der Waals surface area contributed by atoms with Gasteiger partial charge in [-0.05, 0) is 49.2 Å². The van der Waals surface area contributed by atoms with Crippen molar-refractivity contribution in [3.8, 4) is 0 Å². The highest BCUT2D eigenvalue weighted by Gasteiger charge is 2.29. The van der Waals surface area contributed by atoms with Crippen molar-refractivity contribution in [3.63, 3.8) is 0 Å². The Bertz CT molecular complexity index is 896. The highest BCUT2D eigenvalue weighted by Crippen LogP contribution is 2.27. The Morgan fingerprint density at radius 3 is 2.34 bits per heavy atom. The first-order valence-electron chi connectivity index (χ1n) is 9.28. The van der Waals surface area contributed by atoms with Gasteiger partial charge in [-0.25, -0.2) is 8.78 Å². The zero-order valence-electron chi connectivity index (χ0n) is 16.2. The maximum absolute atomic E-state index is 14.1. The van der Waals surface area contributed by atoms with Crippen LogP contribution in [-0.2, 0) is 4.79 Å². The number of hydrogen-bond donors (Lipinski definition) is 1.